The van der Waals surface area contributed by atoms with E-state index in [-0.39, 0.29) is 24.4 Å². The Morgan fingerprint density at radius 2 is 2.20 bits per heavy atom. The van der Waals surface area contributed by atoms with E-state index in [1.54, 1.807) is 11.9 Å². The summed E-state index contributed by atoms with van der Waals surface area (Å²) >= 11 is 0. The van der Waals surface area contributed by atoms with Crippen molar-refractivity contribution in [1.29, 1.82) is 0 Å². The number of ether oxygens (including phenoxy) is 1. The van der Waals surface area contributed by atoms with Gasteiger partial charge in [0.1, 0.15) is 5.75 Å². The molecule has 1 aliphatic rings. The number of amides is 1. The predicted octanol–water partition coefficient (Wildman–Crippen LogP) is 2.54. The number of halogens is 1. The van der Waals surface area contributed by atoms with Gasteiger partial charge in [-0.25, -0.2) is 0 Å². The molecule has 25 heavy (non-hydrogen) atoms. The number of hydrogen-bond donors (Lipinski definition) is 2. The van der Waals surface area contributed by atoms with E-state index < -0.39 is 0 Å². The maximum Gasteiger partial charge on any atom is 0.274 e. The Morgan fingerprint density at radius 3 is 2.96 bits per heavy atom. The van der Waals surface area contributed by atoms with Gasteiger partial charge in [0.05, 0.1) is 6.10 Å². The van der Waals surface area contributed by atoms with Gasteiger partial charge in [-0.3, -0.25) is 9.89 Å². The first-order valence-corrected chi connectivity index (χ1v) is 8.32. The SMILES string of the molecule is CC(C)Oc1cccc(CN(C)C(=O)c2n[nH]c3c2CNCC3)c1.Cl. The largest absolute Gasteiger partial charge is 0.491 e. The second-order valence-electron chi connectivity index (χ2n) is 6.43. The number of aromatic amines is 1. The number of H-pyrrole nitrogens is 1. The van der Waals surface area contributed by atoms with E-state index >= 15 is 0 Å². The van der Waals surface area contributed by atoms with Crippen molar-refractivity contribution in [3.8, 4) is 5.75 Å². The van der Waals surface area contributed by atoms with E-state index in [1.807, 2.05) is 38.1 Å². The molecule has 0 saturated heterocycles. The summed E-state index contributed by atoms with van der Waals surface area (Å²) < 4.78 is 5.71. The number of carbonyl (C=O) groups is 1. The second kappa shape index (κ2) is 8.36. The molecular weight excluding hydrogens is 340 g/mol. The van der Waals surface area contributed by atoms with Gasteiger partial charge in [-0.05, 0) is 31.5 Å². The zero-order valence-corrected chi connectivity index (χ0v) is 15.7. The molecule has 2 N–H and O–H groups in total. The van der Waals surface area contributed by atoms with Crippen molar-refractivity contribution in [2.45, 2.75) is 39.5 Å². The molecule has 3 rings (SSSR count). The summed E-state index contributed by atoms with van der Waals surface area (Å²) in [6.07, 6.45) is 1.01. The van der Waals surface area contributed by atoms with Gasteiger partial charge in [0.25, 0.3) is 5.91 Å². The lowest BCUT2D eigenvalue weighted by Gasteiger charge is -2.19. The van der Waals surface area contributed by atoms with Crippen molar-refractivity contribution in [3.05, 3.63) is 46.8 Å². The molecule has 0 fully saturated rings. The topological polar surface area (TPSA) is 70.2 Å². The van der Waals surface area contributed by atoms with Crippen molar-refractivity contribution in [1.82, 2.24) is 20.4 Å². The van der Waals surface area contributed by atoms with Crippen LogP contribution < -0.4 is 10.1 Å². The Labute approximate surface area is 154 Å². The third-order valence-electron chi connectivity index (χ3n) is 4.05. The molecule has 0 spiro atoms. The average Bonchev–Trinajstić information content (AvgIpc) is 2.97. The van der Waals surface area contributed by atoms with Crippen molar-refractivity contribution >= 4 is 18.3 Å². The number of rotatable bonds is 5. The van der Waals surface area contributed by atoms with Crippen LogP contribution in [-0.2, 0) is 19.5 Å². The number of hydrogen-bond acceptors (Lipinski definition) is 4. The highest BCUT2D eigenvalue weighted by atomic mass is 35.5. The van der Waals surface area contributed by atoms with Crippen LogP contribution in [0, 0.1) is 0 Å². The number of carbonyl (C=O) groups excluding carboxylic acids is 1. The molecule has 0 radical (unpaired) electrons. The van der Waals surface area contributed by atoms with Gasteiger partial charge in [-0.15, -0.1) is 12.4 Å². The molecule has 1 aromatic carbocycles. The highest BCUT2D eigenvalue weighted by Crippen LogP contribution is 2.19. The van der Waals surface area contributed by atoms with E-state index in [0.29, 0.717) is 18.8 Å². The van der Waals surface area contributed by atoms with E-state index in [1.165, 1.54) is 0 Å². The first kappa shape index (κ1) is 19.3. The highest BCUT2D eigenvalue weighted by Gasteiger charge is 2.23. The lowest BCUT2D eigenvalue weighted by atomic mass is 10.1. The summed E-state index contributed by atoms with van der Waals surface area (Å²) in [5, 5.41) is 10.5. The van der Waals surface area contributed by atoms with Crippen LogP contribution in [0.2, 0.25) is 0 Å². The average molecular weight is 365 g/mol. The quantitative estimate of drug-likeness (QED) is 0.855. The monoisotopic (exact) mass is 364 g/mol. The number of aromatic nitrogens is 2. The summed E-state index contributed by atoms with van der Waals surface area (Å²) in [4.78, 5) is 14.4. The Kier molecular flexibility index (Phi) is 6.45. The summed E-state index contributed by atoms with van der Waals surface area (Å²) in [6.45, 7) is 6.12. The first-order valence-electron chi connectivity index (χ1n) is 8.32. The zero-order valence-electron chi connectivity index (χ0n) is 14.8. The summed E-state index contributed by atoms with van der Waals surface area (Å²) in [5.41, 5.74) is 3.62. The lowest BCUT2D eigenvalue weighted by Crippen LogP contribution is -2.30. The molecule has 0 unspecified atom stereocenters. The fourth-order valence-electron chi connectivity index (χ4n) is 2.92. The standard InChI is InChI=1S/C18H24N4O2.ClH/c1-12(2)24-14-6-4-5-13(9-14)11-22(3)18(23)17-15-10-19-8-7-16(15)20-21-17;/h4-6,9,12,19H,7-8,10-11H2,1-3H3,(H,20,21);1H. The third kappa shape index (κ3) is 4.52. The summed E-state index contributed by atoms with van der Waals surface area (Å²) in [5.74, 6) is 0.760. The Morgan fingerprint density at radius 1 is 1.40 bits per heavy atom. The number of nitrogens with zero attached hydrogens (tertiary/aromatic N) is 2. The van der Waals surface area contributed by atoms with Crippen molar-refractivity contribution in [3.63, 3.8) is 0 Å². The molecular formula is C18H25ClN4O2. The van der Waals surface area contributed by atoms with Crippen molar-refractivity contribution < 1.29 is 9.53 Å². The predicted molar refractivity (Wildman–Crippen MR) is 99.2 cm³/mol. The molecule has 0 aliphatic carbocycles. The lowest BCUT2D eigenvalue weighted by molar-refractivity contribution is 0.0777. The van der Waals surface area contributed by atoms with Gasteiger partial charge in [0, 0.05) is 44.4 Å². The fraction of sp³-hybridized carbons (Fsp3) is 0.444. The molecule has 0 atom stereocenters. The molecule has 0 bridgehead atoms. The number of benzene rings is 1. The van der Waals surface area contributed by atoms with E-state index in [4.69, 9.17) is 4.74 Å². The minimum Gasteiger partial charge on any atom is -0.491 e. The maximum atomic E-state index is 12.7. The third-order valence-corrected chi connectivity index (χ3v) is 4.05. The number of fused-ring (bicyclic) bond motifs is 1. The highest BCUT2D eigenvalue weighted by molar-refractivity contribution is 5.93. The van der Waals surface area contributed by atoms with Gasteiger partial charge in [-0.2, -0.15) is 5.10 Å². The minimum atomic E-state index is -0.0635. The molecule has 7 heteroatoms. The van der Waals surface area contributed by atoms with Crippen molar-refractivity contribution in [2.75, 3.05) is 13.6 Å². The van der Waals surface area contributed by atoms with E-state index in [0.717, 1.165) is 35.5 Å². The summed E-state index contributed by atoms with van der Waals surface area (Å²) in [7, 11) is 1.80. The van der Waals surface area contributed by atoms with Crippen LogP contribution in [0.1, 0.15) is 41.2 Å². The molecule has 2 aromatic rings. The Balaban J connectivity index is 0.00000225. The van der Waals surface area contributed by atoms with Crippen LogP contribution in [0.3, 0.4) is 0 Å². The molecule has 6 nitrogen and oxygen atoms in total. The normalized spacial score (nSPS) is 13.1. The number of nitrogens with one attached hydrogen (secondary N) is 2. The van der Waals surface area contributed by atoms with Crippen LogP contribution in [-0.4, -0.2) is 40.7 Å². The van der Waals surface area contributed by atoms with Gasteiger partial charge in [0.2, 0.25) is 0 Å². The Bertz CT molecular complexity index is 730. The molecule has 1 amide bonds. The van der Waals surface area contributed by atoms with Gasteiger partial charge in [0.15, 0.2) is 5.69 Å². The maximum absolute atomic E-state index is 12.7. The smallest absolute Gasteiger partial charge is 0.274 e. The van der Waals surface area contributed by atoms with Crippen LogP contribution in [0.25, 0.3) is 0 Å². The van der Waals surface area contributed by atoms with Gasteiger partial charge < -0.3 is 15.0 Å². The molecule has 136 valence electrons. The van der Waals surface area contributed by atoms with Crippen LogP contribution in [0.5, 0.6) is 5.75 Å². The Hall–Kier alpha value is -2.05. The van der Waals surface area contributed by atoms with Crippen molar-refractivity contribution in [2.24, 2.45) is 0 Å². The molecule has 2 heterocycles. The van der Waals surface area contributed by atoms with Gasteiger partial charge >= 0.3 is 0 Å². The van der Waals surface area contributed by atoms with Crippen LogP contribution in [0.4, 0.5) is 0 Å². The summed E-state index contributed by atoms with van der Waals surface area (Å²) in [6, 6.07) is 7.86. The first-order chi connectivity index (χ1) is 11.5. The van der Waals surface area contributed by atoms with Crippen LogP contribution >= 0.6 is 12.4 Å². The van der Waals surface area contributed by atoms with E-state index in [2.05, 4.69) is 15.5 Å². The fourth-order valence-corrected chi connectivity index (χ4v) is 2.92. The molecule has 1 aromatic heterocycles. The molecule has 1 aliphatic heterocycles. The van der Waals surface area contributed by atoms with E-state index in [9.17, 15) is 4.79 Å². The van der Waals surface area contributed by atoms with Crippen LogP contribution in [0.15, 0.2) is 24.3 Å². The molecule has 0 saturated carbocycles. The van der Waals surface area contributed by atoms with Gasteiger partial charge in [-0.1, -0.05) is 12.1 Å². The zero-order chi connectivity index (χ0) is 17.1. The second-order valence-corrected chi connectivity index (χ2v) is 6.43. The minimum absolute atomic E-state index is 0.